The first-order chi connectivity index (χ1) is 7.83. The van der Waals surface area contributed by atoms with Gasteiger partial charge in [0.1, 0.15) is 16.2 Å². The number of hydrogen-bond acceptors (Lipinski definition) is 5. The second kappa shape index (κ2) is 3.49. The van der Waals surface area contributed by atoms with E-state index in [0.29, 0.717) is 5.52 Å². The molecule has 0 spiro atoms. The molecule has 0 unspecified atom stereocenters. The van der Waals surface area contributed by atoms with Crippen LogP contribution in [0.3, 0.4) is 0 Å². The van der Waals surface area contributed by atoms with E-state index >= 15 is 0 Å². The van der Waals surface area contributed by atoms with Gasteiger partial charge in [-0.05, 0) is 0 Å². The smallest absolute Gasteiger partial charge is 0.207 e. The van der Waals surface area contributed by atoms with Gasteiger partial charge in [0.05, 0.1) is 10.9 Å². The van der Waals surface area contributed by atoms with E-state index in [1.807, 2.05) is 0 Å². The second-order valence-electron chi connectivity index (χ2n) is 3.16. The minimum Gasteiger partial charge on any atom is -0.619 e. The summed E-state index contributed by atoms with van der Waals surface area (Å²) in [6.07, 6.45) is 7.80. The third kappa shape index (κ3) is 1.49. The Balaban J connectivity index is 2.19. The minimum atomic E-state index is 0.683. The summed E-state index contributed by atoms with van der Waals surface area (Å²) < 4.78 is 1.70. The van der Waals surface area contributed by atoms with Crippen LogP contribution >= 0.6 is 11.3 Å². The van der Waals surface area contributed by atoms with Crippen molar-refractivity contribution >= 4 is 21.6 Å². The van der Waals surface area contributed by atoms with Crippen molar-refractivity contribution in [1.82, 2.24) is 15.0 Å². The molecule has 3 aromatic heterocycles. The van der Waals surface area contributed by atoms with Crippen LogP contribution < -0.4 is 4.73 Å². The summed E-state index contributed by atoms with van der Waals surface area (Å²) >= 11 is 1.49. The van der Waals surface area contributed by atoms with Gasteiger partial charge in [-0.15, -0.1) is 11.3 Å². The molecule has 0 aliphatic heterocycles. The van der Waals surface area contributed by atoms with Crippen LogP contribution in [0.15, 0.2) is 37.1 Å². The Morgan fingerprint density at radius 3 is 3.06 bits per heavy atom. The molecule has 0 saturated carbocycles. The molecule has 0 fully saturated rings. The molecule has 0 atom stereocenters. The van der Waals surface area contributed by atoms with E-state index in [0.717, 1.165) is 20.1 Å². The molecule has 3 aromatic rings. The third-order valence-electron chi connectivity index (χ3n) is 2.09. The molecule has 6 heteroatoms. The van der Waals surface area contributed by atoms with Crippen molar-refractivity contribution in [2.75, 3.05) is 0 Å². The largest absolute Gasteiger partial charge is 0.619 e. The summed E-state index contributed by atoms with van der Waals surface area (Å²) in [5.41, 5.74) is 1.41. The summed E-state index contributed by atoms with van der Waals surface area (Å²) in [6.45, 7) is 0. The molecule has 3 heterocycles. The lowest BCUT2D eigenvalue weighted by molar-refractivity contribution is -0.603. The van der Waals surface area contributed by atoms with Crippen LogP contribution in [0.4, 0.5) is 0 Å². The van der Waals surface area contributed by atoms with Gasteiger partial charge >= 0.3 is 0 Å². The van der Waals surface area contributed by atoms with Gasteiger partial charge in [0.15, 0.2) is 6.20 Å². The maximum atomic E-state index is 11.1. The SMILES string of the molecule is [O-][n+]1ccc2sc(-c3cnccn3)nc2c1. The summed E-state index contributed by atoms with van der Waals surface area (Å²) in [5.74, 6) is 0. The van der Waals surface area contributed by atoms with Crippen LogP contribution in [0.5, 0.6) is 0 Å². The lowest BCUT2D eigenvalue weighted by Gasteiger charge is -1.91. The van der Waals surface area contributed by atoms with Gasteiger partial charge in [0.2, 0.25) is 6.20 Å². The molecular weight excluding hydrogens is 224 g/mol. The maximum Gasteiger partial charge on any atom is 0.207 e. The Kier molecular flexibility index (Phi) is 2.00. The van der Waals surface area contributed by atoms with Gasteiger partial charge in [-0.3, -0.25) is 9.97 Å². The van der Waals surface area contributed by atoms with Gasteiger partial charge in [-0.1, -0.05) is 0 Å². The molecular formula is C10H6N4OS. The van der Waals surface area contributed by atoms with Gasteiger partial charge in [0.25, 0.3) is 0 Å². The molecule has 16 heavy (non-hydrogen) atoms. The van der Waals surface area contributed by atoms with Gasteiger partial charge in [-0.2, -0.15) is 4.73 Å². The Morgan fingerprint density at radius 2 is 2.25 bits per heavy atom. The predicted octanol–water partition coefficient (Wildman–Crippen LogP) is 1.39. The molecule has 0 aromatic carbocycles. The Hall–Kier alpha value is -2.08. The van der Waals surface area contributed by atoms with E-state index in [4.69, 9.17) is 0 Å². The standard InChI is InChI=1S/C10H6N4OS/c15-14-4-1-9-8(6-14)13-10(16-9)7-5-11-2-3-12-7/h1-6H. The highest BCUT2D eigenvalue weighted by molar-refractivity contribution is 7.21. The number of pyridine rings is 1. The van der Waals surface area contributed by atoms with Crippen molar-refractivity contribution in [3.8, 4) is 10.7 Å². The van der Waals surface area contributed by atoms with E-state index in [2.05, 4.69) is 15.0 Å². The first kappa shape index (κ1) is 9.17. The Bertz CT molecular complexity index is 638. The monoisotopic (exact) mass is 230 g/mol. The number of aromatic nitrogens is 4. The summed E-state index contributed by atoms with van der Waals surface area (Å²) in [4.78, 5) is 12.5. The fraction of sp³-hybridized carbons (Fsp3) is 0. The van der Waals surface area contributed by atoms with E-state index in [9.17, 15) is 5.21 Å². The fourth-order valence-corrected chi connectivity index (χ4v) is 2.27. The lowest BCUT2D eigenvalue weighted by Crippen LogP contribution is -2.23. The van der Waals surface area contributed by atoms with E-state index in [1.165, 1.54) is 23.7 Å². The topological polar surface area (TPSA) is 65.6 Å². The van der Waals surface area contributed by atoms with Crippen molar-refractivity contribution in [2.24, 2.45) is 0 Å². The quantitative estimate of drug-likeness (QED) is 0.468. The number of fused-ring (bicyclic) bond motifs is 1. The number of nitrogens with zero attached hydrogens (tertiary/aromatic N) is 4. The van der Waals surface area contributed by atoms with Crippen molar-refractivity contribution in [2.45, 2.75) is 0 Å². The third-order valence-corrected chi connectivity index (χ3v) is 3.14. The lowest BCUT2D eigenvalue weighted by atomic mass is 10.4. The van der Waals surface area contributed by atoms with Crippen LogP contribution in [0.2, 0.25) is 0 Å². The fourth-order valence-electron chi connectivity index (χ4n) is 1.38. The average Bonchev–Trinajstić information content (AvgIpc) is 2.73. The summed E-state index contributed by atoms with van der Waals surface area (Å²) in [7, 11) is 0. The molecule has 5 nitrogen and oxygen atoms in total. The normalized spacial score (nSPS) is 10.8. The molecule has 3 rings (SSSR count). The van der Waals surface area contributed by atoms with Gasteiger partial charge in [0, 0.05) is 18.5 Å². The van der Waals surface area contributed by atoms with Crippen molar-refractivity contribution in [3.05, 3.63) is 42.3 Å². The second-order valence-corrected chi connectivity index (χ2v) is 4.19. The molecule has 0 radical (unpaired) electrons. The molecule has 0 saturated heterocycles. The zero-order valence-corrected chi connectivity index (χ0v) is 8.89. The maximum absolute atomic E-state index is 11.1. The molecule has 0 amide bonds. The average molecular weight is 230 g/mol. The Morgan fingerprint density at radius 1 is 1.31 bits per heavy atom. The van der Waals surface area contributed by atoms with Crippen LogP contribution in [-0.2, 0) is 0 Å². The molecule has 0 aliphatic carbocycles. The number of thiazole rings is 1. The number of hydrogen-bond donors (Lipinski definition) is 0. The highest BCUT2D eigenvalue weighted by atomic mass is 32.1. The first-order valence-corrected chi connectivity index (χ1v) is 5.40. The van der Waals surface area contributed by atoms with Crippen molar-refractivity contribution in [3.63, 3.8) is 0 Å². The zero-order chi connectivity index (χ0) is 11.0. The van der Waals surface area contributed by atoms with Crippen molar-refractivity contribution in [1.29, 1.82) is 0 Å². The van der Waals surface area contributed by atoms with Crippen LogP contribution in [0, 0.1) is 5.21 Å². The van der Waals surface area contributed by atoms with Crippen LogP contribution in [0.1, 0.15) is 0 Å². The summed E-state index contributed by atoms with van der Waals surface area (Å²) in [5, 5.41) is 11.9. The van der Waals surface area contributed by atoms with Crippen LogP contribution in [0.25, 0.3) is 20.9 Å². The molecule has 0 bridgehead atoms. The highest BCUT2D eigenvalue weighted by Gasteiger charge is 2.09. The van der Waals surface area contributed by atoms with Crippen LogP contribution in [-0.4, -0.2) is 15.0 Å². The highest BCUT2D eigenvalue weighted by Crippen LogP contribution is 2.27. The first-order valence-electron chi connectivity index (χ1n) is 4.59. The number of rotatable bonds is 1. The summed E-state index contributed by atoms with van der Waals surface area (Å²) in [6, 6.07) is 1.75. The van der Waals surface area contributed by atoms with Gasteiger partial charge < -0.3 is 5.21 Å². The predicted molar refractivity (Wildman–Crippen MR) is 59.6 cm³/mol. The van der Waals surface area contributed by atoms with E-state index in [-0.39, 0.29) is 0 Å². The Labute approximate surface area is 94.6 Å². The zero-order valence-electron chi connectivity index (χ0n) is 8.07. The van der Waals surface area contributed by atoms with Gasteiger partial charge in [-0.25, -0.2) is 4.98 Å². The molecule has 0 N–H and O–H groups in total. The van der Waals surface area contributed by atoms with E-state index in [1.54, 1.807) is 24.7 Å². The van der Waals surface area contributed by atoms with E-state index < -0.39 is 0 Å². The minimum absolute atomic E-state index is 0.683. The van der Waals surface area contributed by atoms with Crippen molar-refractivity contribution < 1.29 is 4.73 Å². The molecule has 0 aliphatic rings. The molecule has 78 valence electrons.